The lowest BCUT2D eigenvalue weighted by molar-refractivity contribution is 0.298. The number of hydrogen-bond donors (Lipinski definition) is 1. The fourth-order valence-corrected chi connectivity index (χ4v) is 3.07. The van der Waals surface area contributed by atoms with Gasteiger partial charge in [0.05, 0.1) is 5.69 Å². The number of benzene rings is 1. The zero-order chi connectivity index (χ0) is 14.8. The lowest BCUT2D eigenvalue weighted by Gasteiger charge is -2.13. The number of aromatic nitrogens is 2. The summed E-state index contributed by atoms with van der Waals surface area (Å²) in [5, 5.41) is 2.02. The van der Waals surface area contributed by atoms with Gasteiger partial charge < -0.3 is 10.5 Å². The van der Waals surface area contributed by atoms with Gasteiger partial charge in [0.1, 0.15) is 12.4 Å². The summed E-state index contributed by atoms with van der Waals surface area (Å²) in [5.41, 5.74) is 9.24. The summed E-state index contributed by atoms with van der Waals surface area (Å²) in [6.45, 7) is 4.57. The average molecular weight is 301 g/mol. The predicted molar refractivity (Wildman–Crippen MR) is 85.9 cm³/mol. The maximum atomic E-state index is 5.95. The Morgan fingerprint density at radius 1 is 1.43 bits per heavy atom. The molecule has 0 saturated carbocycles. The van der Waals surface area contributed by atoms with E-state index in [-0.39, 0.29) is 6.04 Å². The highest BCUT2D eigenvalue weighted by molar-refractivity contribution is 7.15. The topological polar surface area (TPSA) is 52.5 Å². The van der Waals surface area contributed by atoms with Crippen molar-refractivity contribution in [2.45, 2.75) is 32.9 Å². The van der Waals surface area contributed by atoms with Gasteiger partial charge in [-0.05, 0) is 31.9 Å². The number of imidazole rings is 1. The zero-order valence-corrected chi connectivity index (χ0v) is 13.1. The predicted octanol–water partition coefficient (Wildman–Crippen LogP) is 3.17. The van der Waals surface area contributed by atoms with Crippen LogP contribution in [-0.4, -0.2) is 15.4 Å². The van der Waals surface area contributed by atoms with E-state index in [0.29, 0.717) is 6.61 Å². The number of nitrogens with zero attached hydrogens (tertiary/aromatic N) is 2. The van der Waals surface area contributed by atoms with Crippen LogP contribution >= 0.6 is 11.3 Å². The van der Waals surface area contributed by atoms with E-state index in [4.69, 9.17) is 10.5 Å². The number of fused-ring (bicyclic) bond motifs is 1. The first kappa shape index (κ1) is 14.1. The Bertz CT molecular complexity index is 716. The molecule has 2 N–H and O–H groups in total. The number of ether oxygens (including phenoxy) is 1. The van der Waals surface area contributed by atoms with Crippen LogP contribution in [0, 0.1) is 6.92 Å². The number of aryl methyl sites for hydroxylation is 1. The molecule has 21 heavy (non-hydrogen) atoms. The maximum Gasteiger partial charge on any atom is 0.193 e. The molecule has 3 aromatic rings. The van der Waals surface area contributed by atoms with Crippen molar-refractivity contribution < 1.29 is 4.74 Å². The summed E-state index contributed by atoms with van der Waals surface area (Å²) in [6, 6.07) is 6.34. The molecule has 0 spiro atoms. The van der Waals surface area contributed by atoms with E-state index < -0.39 is 0 Å². The Labute approximate surface area is 128 Å². The molecule has 110 valence electrons. The second-order valence-electron chi connectivity index (χ2n) is 5.41. The molecular weight excluding hydrogens is 282 g/mol. The summed E-state index contributed by atoms with van der Waals surface area (Å²) in [5.74, 6) is 0.897. The molecule has 0 aliphatic rings. The van der Waals surface area contributed by atoms with E-state index in [1.54, 1.807) is 11.3 Å². The van der Waals surface area contributed by atoms with Gasteiger partial charge in [-0.2, -0.15) is 0 Å². The van der Waals surface area contributed by atoms with E-state index in [1.165, 1.54) is 5.56 Å². The smallest absolute Gasteiger partial charge is 0.193 e. The van der Waals surface area contributed by atoms with Crippen molar-refractivity contribution in [3.05, 3.63) is 52.8 Å². The first-order chi connectivity index (χ1) is 10.1. The van der Waals surface area contributed by atoms with Crippen LogP contribution in [0.5, 0.6) is 5.75 Å². The molecule has 1 aromatic carbocycles. The third-order valence-electron chi connectivity index (χ3n) is 3.28. The average Bonchev–Trinajstić information content (AvgIpc) is 2.97. The molecule has 0 radical (unpaired) electrons. The highest BCUT2D eigenvalue weighted by Crippen LogP contribution is 2.23. The minimum absolute atomic E-state index is 0.118. The van der Waals surface area contributed by atoms with Gasteiger partial charge in [-0.25, -0.2) is 4.98 Å². The molecule has 0 aliphatic heterocycles. The van der Waals surface area contributed by atoms with Crippen molar-refractivity contribution in [1.29, 1.82) is 0 Å². The fraction of sp³-hybridized carbons (Fsp3) is 0.312. The molecule has 5 heteroatoms. The second kappa shape index (κ2) is 5.87. The van der Waals surface area contributed by atoms with Crippen molar-refractivity contribution in [3.8, 4) is 5.75 Å². The van der Waals surface area contributed by atoms with E-state index in [9.17, 15) is 0 Å². The van der Waals surface area contributed by atoms with Crippen LogP contribution < -0.4 is 10.5 Å². The van der Waals surface area contributed by atoms with Gasteiger partial charge in [-0.15, -0.1) is 11.3 Å². The minimum atomic E-state index is 0.118. The van der Waals surface area contributed by atoms with Crippen LogP contribution in [0.4, 0.5) is 0 Å². The van der Waals surface area contributed by atoms with Crippen LogP contribution in [0.25, 0.3) is 4.96 Å². The standard InChI is InChI=1S/C16H19N3OS/c1-11-3-4-15(13(7-11)8-12(2)17)20-10-14-9-19-5-6-21-16(19)18-14/h3-7,9,12H,8,10,17H2,1-2H3. The Balaban J connectivity index is 1.76. The summed E-state index contributed by atoms with van der Waals surface area (Å²) in [7, 11) is 0. The maximum absolute atomic E-state index is 5.95. The first-order valence-corrected chi connectivity index (χ1v) is 7.89. The Hall–Kier alpha value is -1.85. The molecule has 1 atom stereocenters. The molecule has 2 aromatic heterocycles. The van der Waals surface area contributed by atoms with Gasteiger partial charge in [0.2, 0.25) is 0 Å². The molecule has 2 heterocycles. The van der Waals surface area contributed by atoms with E-state index in [2.05, 4.69) is 24.0 Å². The summed E-state index contributed by atoms with van der Waals surface area (Å²) >= 11 is 1.62. The minimum Gasteiger partial charge on any atom is -0.487 e. The van der Waals surface area contributed by atoms with Crippen LogP contribution in [0.15, 0.2) is 36.0 Å². The molecule has 0 bridgehead atoms. The Morgan fingerprint density at radius 2 is 2.29 bits per heavy atom. The van der Waals surface area contributed by atoms with Crippen molar-refractivity contribution in [3.63, 3.8) is 0 Å². The van der Waals surface area contributed by atoms with Crippen LogP contribution in [-0.2, 0) is 13.0 Å². The summed E-state index contributed by atoms with van der Waals surface area (Å²) in [6.07, 6.45) is 4.82. The van der Waals surface area contributed by atoms with E-state index >= 15 is 0 Å². The van der Waals surface area contributed by atoms with Crippen molar-refractivity contribution in [1.82, 2.24) is 9.38 Å². The van der Waals surface area contributed by atoms with Gasteiger partial charge in [0.15, 0.2) is 4.96 Å². The highest BCUT2D eigenvalue weighted by atomic mass is 32.1. The second-order valence-corrected chi connectivity index (χ2v) is 6.28. The van der Waals surface area contributed by atoms with Crippen molar-refractivity contribution in [2.75, 3.05) is 0 Å². The number of thiazole rings is 1. The Kier molecular flexibility index (Phi) is 3.94. The number of hydrogen-bond acceptors (Lipinski definition) is 4. The normalized spacial score (nSPS) is 12.7. The third kappa shape index (κ3) is 3.25. The number of rotatable bonds is 5. The SMILES string of the molecule is Cc1ccc(OCc2cn3ccsc3n2)c(CC(C)N)c1. The zero-order valence-electron chi connectivity index (χ0n) is 12.2. The van der Waals surface area contributed by atoms with Gasteiger partial charge in [-0.1, -0.05) is 17.7 Å². The molecule has 4 nitrogen and oxygen atoms in total. The number of nitrogens with two attached hydrogens (primary N) is 1. The molecule has 3 rings (SSSR count). The lowest BCUT2D eigenvalue weighted by Crippen LogP contribution is -2.18. The third-order valence-corrected chi connectivity index (χ3v) is 4.05. The highest BCUT2D eigenvalue weighted by Gasteiger charge is 2.09. The molecule has 0 saturated heterocycles. The van der Waals surface area contributed by atoms with Crippen molar-refractivity contribution in [2.24, 2.45) is 5.73 Å². The van der Waals surface area contributed by atoms with Crippen molar-refractivity contribution >= 4 is 16.3 Å². The van der Waals surface area contributed by atoms with Crippen LogP contribution in [0.1, 0.15) is 23.7 Å². The van der Waals surface area contributed by atoms with Gasteiger partial charge in [-0.3, -0.25) is 4.40 Å². The van der Waals surface area contributed by atoms with Gasteiger partial charge in [0.25, 0.3) is 0 Å². The first-order valence-electron chi connectivity index (χ1n) is 7.01. The largest absolute Gasteiger partial charge is 0.487 e. The van der Waals surface area contributed by atoms with E-state index in [1.807, 2.05) is 35.2 Å². The molecule has 1 unspecified atom stereocenters. The summed E-state index contributed by atoms with van der Waals surface area (Å²) < 4.78 is 7.97. The summed E-state index contributed by atoms with van der Waals surface area (Å²) in [4.78, 5) is 5.52. The van der Waals surface area contributed by atoms with E-state index in [0.717, 1.165) is 28.4 Å². The molecule has 0 aliphatic carbocycles. The van der Waals surface area contributed by atoms with Crippen LogP contribution in [0.3, 0.4) is 0 Å². The quantitative estimate of drug-likeness (QED) is 0.787. The molecule has 0 fully saturated rings. The Morgan fingerprint density at radius 3 is 3.05 bits per heavy atom. The fourth-order valence-electron chi connectivity index (χ4n) is 2.35. The molecular formula is C16H19N3OS. The monoisotopic (exact) mass is 301 g/mol. The lowest BCUT2D eigenvalue weighted by atomic mass is 10.0. The van der Waals surface area contributed by atoms with Crippen LogP contribution in [0.2, 0.25) is 0 Å². The van der Waals surface area contributed by atoms with Gasteiger partial charge >= 0.3 is 0 Å². The molecule has 0 amide bonds. The van der Waals surface area contributed by atoms with Gasteiger partial charge in [0, 0.05) is 23.8 Å².